The van der Waals surface area contributed by atoms with Gasteiger partial charge in [-0.25, -0.2) is 4.68 Å². The molecule has 1 amide bonds. The molecule has 190 valence electrons. The lowest BCUT2D eigenvalue weighted by Crippen LogP contribution is -2.49. The Bertz CT molecular complexity index is 1400. The zero-order chi connectivity index (χ0) is 25.9. The first-order valence-electron chi connectivity index (χ1n) is 12.5. The van der Waals surface area contributed by atoms with Crippen LogP contribution in [-0.2, 0) is 0 Å². The molecule has 0 aliphatic carbocycles. The Morgan fingerprint density at radius 1 is 0.811 bits per heavy atom. The highest BCUT2D eigenvalue weighted by Crippen LogP contribution is 2.30. The molecule has 1 saturated heterocycles. The Labute approximate surface area is 217 Å². The second-order valence-corrected chi connectivity index (χ2v) is 9.30. The summed E-state index contributed by atoms with van der Waals surface area (Å²) in [7, 11) is 3.33. The van der Waals surface area contributed by atoms with E-state index in [9.17, 15) is 4.79 Å². The van der Waals surface area contributed by atoms with Crippen LogP contribution in [-0.4, -0.2) is 61.0 Å². The monoisotopic (exact) mass is 496 g/mol. The van der Waals surface area contributed by atoms with Crippen molar-refractivity contribution in [1.82, 2.24) is 14.7 Å². The fraction of sp³-hybridized carbons (Fsp3) is 0.267. The van der Waals surface area contributed by atoms with Crippen LogP contribution in [0.3, 0.4) is 0 Å². The molecule has 0 unspecified atom stereocenters. The third kappa shape index (κ3) is 4.89. The maximum absolute atomic E-state index is 13.9. The summed E-state index contributed by atoms with van der Waals surface area (Å²) in [5, 5.41) is 4.90. The lowest BCUT2D eigenvalue weighted by molar-refractivity contribution is 0.0737. The highest BCUT2D eigenvalue weighted by molar-refractivity contribution is 5.94. The number of rotatable bonds is 6. The first-order valence-corrected chi connectivity index (χ1v) is 12.5. The Balaban J connectivity index is 1.45. The van der Waals surface area contributed by atoms with Crippen LogP contribution in [0.2, 0.25) is 0 Å². The van der Waals surface area contributed by atoms with E-state index in [4.69, 9.17) is 14.6 Å². The van der Waals surface area contributed by atoms with Gasteiger partial charge in [-0.05, 0) is 67.9 Å². The van der Waals surface area contributed by atoms with E-state index in [0.29, 0.717) is 18.8 Å². The van der Waals surface area contributed by atoms with Gasteiger partial charge in [-0.3, -0.25) is 4.79 Å². The van der Waals surface area contributed by atoms with Crippen LogP contribution in [0.25, 0.3) is 16.9 Å². The van der Waals surface area contributed by atoms with Crippen LogP contribution in [0.4, 0.5) is 5.69 Å². The molecule has 0 bridgehead atoms. The van der Waals surface area contributed by atoms with E-state index in [2.05, 4.69) is 36.9 Å². The molecular weight excluding hydrogens is 464 g/mol. The van der Waals surface area contributed by atoms with Crippen molar-refractivity contribution in [2.24, 2.45) is 0 Å². The minimum Gasteiger partial charge on any atom is -0.497 e. The zero-order valence-electron chi connectivity index (χ0n) is 21.8. The number of methoxy groups -OCH3 is 2. The van der Waals surface area contributed by atoms with Crippen LogP contribution in [0.5, 0.6) is 11.5 Å². The third-order valence-electron chi connectivity index (χ3n) is 6.89. The van der Waals surface area contributed by atoms with E-state index < -0.39 is 0 Å². The van der Waals surface area contributed by atoms with Gasteiger partial charge in [0.15, 0.2) is 0 Å². The van der Waals surface area contributed by atoms with Crippen LogP contribution in [0.1, 0.15) is 21.6 Å². The number of para-hydroxylation sites is 2. The normalized spacial score (nSPS) is 13.5. The molecule has 1 fully saturated rings. The van der Waals surface area contributed by atoms with E-state index in [-0.39, 0.29) is 5.91 Å². The van der Waals surface area contributed by atoms with Gasteiger partial charge in [-0.2, -0.15) is 5.10 Å². The average molecular weight is 497 g/mol. The Hall–Kier alpha value is -4.26. The van der Waals surface area contributed by atoms with Gasteiger partial charge in [0.1, 0.15) is 17.2 Å². The summed E-state index contributed by atoms with van der Waals surface area (Å²) in [5.74, 6) is 1.60. The quantitative estimate of drug-likeness (QED) is 0.370. The molecule has 4 aromatic rings. The van der Waals surface area contributed by atoms with Gasteiger partial charge in [0.25, 0.3) is 5.91 Å². The highest BCUT2D eigenvalue weighted by Gasteiger charge is 2.27. The van der Waals surface area contributed by atoms with Crippen molar-refractivity contribution >= 4 is 11.6 Å². The van der Waals surface area contributed by atoms with Gasteiger partial charge in [-0.15, -0.1) is 0 Å². The topological polar surface area (TPSA) is 59.8 Å². The molecule has 37 heavy (non-hydrogen) atoms. The van der Waals surface area contributed by atoms with E-state index in [1.807, 2.05) is 59.5 Å². The minimum atomic E-state index is -0.0214. The summed E-state index contributed by atoms with van der Waals surface area (Å²) in [6, 6.07) is 23.9. The van der Waals surface area contributed by atoms with Gasteiger partial charge in [0, 0.05) is 31.7 Å². The van der Waals surface area contributed by atoms with E-state index in [1.165, 1.54) is 5.56 Å². The Morgan fingerprint density at radius 2 is 1.54 bits per heavy atom. The molecule has 7 heteroatoms. The summed E-state index contributed by atoms with van der Waals surface area (Å²) >= 11 is 0. The first kappa shape index (κ1) is 24.4. The lowest BCUT2D eigenvalue weighted by Gasteiger charge is -2.36. The SMILES string of the molecule is COc1ccc(-c2cc(C(=O)N3CCN(c4ccccc4OC)CC3)n(-c3ccc(C)cc3C)n2)cc1. The van der Waals surface area contributed by atoms with E-state index in [1.54, 1.807) is 18.9 Å². The maximum atomic E-state index is 13.9. The van der Waals surface area contributed by atoms with Crippen molar-refractivity contribution in [1.29, 1.82) is 0 Å². The number of piperazine rings is 1. The number of carbonyl (C=O) groups is 1. The zero-order valence-corrected chi connectivity index (χ0v) is 21.8. The molecule has 0 saturated carbocycles. The second-order valence-electron chi connectivity index (χ2n) is 9.30. The number of aryl methyl sites for hydroxylation is 2. The summed E-state index contributed by atoms with van der Waals surface area (Å²) in [4.78, 5) is 18.1. The van der Waals surface area contributed by atoms with Gasteiger partial charge in [0.05, 0.1) is 31.3 Å². The number of carbonyl (C=O) groups excluding carboxylic acids is 1. The smallest absolute Gasteiger partial charge is 0.272 e. The van der Waals surface area contributed by atoms with Crippen LogP contribution >= 0.6 is 0 Å². The Kier molecular flexibility index (Phi) is 6.86. The molecule has 1 aliphatic rings. The van der Waals surface area contributed by atoms with E-state index >= 15 is 0 Å². The second kappa shape index (κ2) is 10.4. The fourth-order valence-electron chi connectivity index (χ4n) is 4.87. The lowest BCUT2D eigenvalue weighted by atomic mass is 10.1. The number of hydrogen-bond acceptors (Lipinski definition) is 5. The molecule has 1 aliphatic heterocycles. The molecule has 7 nitrogen and oxygen atoms in total. The van der Waals surface area contributed by atoms with Crippen molar-refractivity contribution in [2.45, 2.75) is 13.8 Å². The first-order chi connectivity index (χ1) is 18.0. The summed E-state index contributed by atoms with van der Waals surface area (Å²) in [5.41, 5.74) is 6.44. The molecule has 0 N–H and O–H groups in total. The van der Waals surface area contributed by atoms with Crippen molar-refractivity contribution in [3.63, 3.8) is 0 Å². The predicted octanol–water partition coefficient (Wildman–Crippen LogP) is 5.14. The number of anilines is 1. The molecular formula is C30H32N4O3. The van der Waals surface area contributed by atoms with E-state index in [0.717, 1.165) is 52.8 Å². The van der Waals surface area contributed by atoms with Gasteiger partial charge in [-0.1, -0.05) is 29.8 Å². The number of ether oxygens (including phenoxy) is 2. The number of aromatic nitrogens is 2. The molecule has 3 aromatic carbocycles. The fourth-order valence-corrected chi connectivity index (χ4v) is 4.87. The Morgan fingerprint density at radius 3 is 2.22 bits per heavy atom. The molecule has 0 spiro atoms. The number of hydrogen-bond donors (Lipinski definition) is 0. The predicted molar refractivity (Wildman–Crippen MR) is 146 cm³/mol. The molecule has 2 heterocycles. The van der Waals surface area contributed by atoms with Crippen molar-refractivity contribution < 1.29 is 14.3 Å². The van der Waals surface area contributed by atoms with Crippen molar-refractivity contribution in [3.05, 3.63) is 89.6 Å². The molecule has 5 rings (SSSR count). The van der Waals surface area contributed by atoms with Crippen molar-refractivity contribution in [2.75, 3.05) is 45.3 Å². The van der Waals surface area contributed by atoms with Crippen molar-refractivity contribution in [3.8, 4) is 28.4 Å². The summed E-state index contributed by atoms with van der Waals surface area (Å²) < 4.78 is 12.6. The van der Waals surface area contributed by atoms with Crippen LogP contribution in [0.15, 0.2) is 72.8 Å². The largest absolute Gasteiger partial charge is 0.497 e. The number of benzene rings is 3. The summed E-state index contributed by atoms with van der Waals surface area (Å²) in [6.07, 6.45) is 0. The maximum Gasteiger partial charge on any atom is 0.272 e. The number of nitrogens with zero attached hydrogens (tertiary/aromatic N) is 4. The van der Waals surface area contributed by atoms with Gasteiger partial charge in [0.2, 0.25) is 0 Å². The van der Waals surface area contributed by atoms with Crippen LogP contribution < -0.4 is 14.4 Å². The number of amides is 1. The molecule has 0 radical (unpaired) electrons. The highest BCUT2D eigenvalue weighted by atomic mass is 16.5. The van der Waals surface area contributed by atoms with Gasteiger partial charge >= 0.3 is 0 Å². The van der Waals surface area contributed by atoms with Gasteiger partial charge < -0.3 is 19.3 Å². The average Bonchev–Trinajstić information content (AvgIpc) is 3.38. The van der Waals surface area contributed by atoms with Crippen LogP contribution in [0, 0.1) is 13.8 Å². The standard InChI is InChI=1S/C30H32N4O3/c1-21-9-14-26(22(2)19-21)34-28(20-25(31-34)23-10-12-24(36-3)13-11-23)30(35)33-17-15-32(16-18-33)27-7-5-6-8-29(27)37-4/h5-14,19-20H,15-18H2,1-4H3. The molecule has 1 aromatic heterocycles. The molecule has 0 atom stereocenters. The minimum absolute atomic E-state index is 0.0214. The third-order valence-corrected chi connectivity index (χ3v) is 6.89. The summed E-state index contributed by atoms with van der Waals surface area (Å²) in [6.45, 7) is 6.82.